The van der Waals surface area contributed by atoms with Crippen molar-refractivity contribution in [3.8, 4) is 0 Å². The maximum absolute atomic E-state index is 11.4. The average Bonchev–Trinajstić information content (AvgIpc) is 2.73. The van der Waals surface area contributed by atoms with Crippen LogP contribution >= 0.6 is 0 Å². The van der Waals surface area contributed by atoms with E-state index in [-0.39, 0.29) is 17.7 Å². The van der Waals surface area contributed by atoms with Gasteiger partial charge in [0.2, 0.25) is 0 Å². The summed E-state index contributed by atoms with van der Waals surface area (Å²) < 4.78 is 4.81. The van der Waals surface area contributed by atoms with Gasteiger partial charge in [0.1, 0.15) is 11.7 Å². The van der Waals surface area contributed by atoms with Gasteiger partial charge in [0, 0.05) is 5.92 Å². The lowest BCUT2D eigenvalue weighted by atomic mass is 10.0. The second-order valence-corrected chi connectivity index (χ2v) is 3.54. The second-order valence-electron chi connectivity index (χ2n) is 3.54. The van der Waals surface area contributed by atoms with Crippen molar-refractivity contribution in [3.63, 3.8) is 0 Å². The van der Waals surface area contributed by atoms with E-state index in [1.165, 1.54) is 0 Å². The Bertz CT molecular complexity index is 234. The fourth-order valence-electron chi connectivity index (χ4n) is 1.99. The van der Waals surface area contributed by atoms with Gasteiger partial charge in [-0.05, 0) is 25.7 Å². The fourth-order valence-corrected chi connectivity index (χ4v) is 1.99. The fraction of sp³-hybridized carbons (Fsp3) is 0.778. The van der Waals surface area contributed by atoms with Gasteiger partial charge in [-0.15, -0.1) is 0 Å². The maximum Gasteiger partial charge on any atom is 0.316 e. The summed E-state index contributed by atoms with van der Waals surface area (Å²) in [5.41, 5.74) is 0. The zero-order valence-electron chi connectivity index (χ0n) is 7.08. The molecule has 0 bridgehead atoms. The molecular formula is C9H12O3. The van der Waals surface area contributed by atoms with Crippen molar-refractivity contribution < 1.29 is 14.3 Å². The lowest BCUT2D eigenvalue weighted by Gasteiger charge is -2.08. The molecule has 12 heavy (non-hydrogen) atoms. The molecule has 0 saturated heterocycles. The average molecular weight is 168 g/mol. The normalized spacial score (nSPS) is 37.8. The monoisotopic (exact) mass is 168 g/mol. The number of ketones is 1. The highest BCUT2D eigenvalue weighted by atomic mass is 16.5. The van der Waals surface area contributed by atoms with E-state index in [1.807, 2.05) is 0 Å². The first kappa shape index (κ1) is 7.77. The van der Waals surface area contributed by atoms with Crippen LogP contribution in [0.25, 0.3) is 0 Å². The molecule has 3 heteroatoms. The smallest absolute Gasteiger partial charge is 0.316 e. The van der Waals surface area contributed by atoms with Crippen molar-refractivity contribution in [3.05, 3.63) is 0 Å². The Morgan fingerprint density at radius 3 is 2.83 bits per heavy atom. The van der Waals surface area contributed by atoms with Gasteiger partial charge in [0.05, 0.1) is 6.61 Å². The third-order valence-electron chi connectivity index (χ3n) is 2.74. The first-order valence-electron chi connectivity index (χ1n) is 4.44. The number of fused-ring (bicyclic) bond motifs is 1. The van der Waals surface area contributed by atoms with Crippen LogP contribution in [0.5, 0.6) is 0 Å². The van der Waals surface area contributed by atoms with E-state index in [2.05, 4.69) is 0 Å². The molecular weight excluding hydrogens is 156 g/mol. The number of carbonyl (C=O) groups excluding carboxylic acids is 2. The largest absolute Gasteiger partial charge is 0.465 e. The van der Waals surface area contributed by atoms with E-state index in [1.54, 1.807) is 6.92 Å². The van der Waals surface area contributed by atoms with E-state index in [9.17, 15) is 9.59 Å². The minimum atomic E-state index is -0.423. The third kappa shape index (κ3) is 1.04. The number of hydrogen-bond acceptors (Lipinski definition) is 3. The van der Waals surface area contributed by atoms with Crippen molar-refractivity contribution >= 4 is 11.8 Å². The molecule has 0 aromatic rings. The molecule has 0 heterocycles. The molecule has 66 valence electrons. The zero-order chi connectivity index (χ0) is 8.72. The molecule has 0 aromatic heterocycles. The molecule has 0 aliphatic heterocycles. The molecule has 1 unspecified atom stereocenters. The Labute approximate surface area is 71.1 Å². The number of carbonyl (C=O) groups is 2. The highest BCUT2D eigenvalue weighted by molar-refractivity contribution is 6.03. The number of Topliss-reactive ketones (excluding diaryl/α,β-unsaturated/α-hetero) is 1. The first-order chi connectivity index (χ1) is 5.74. The highest BCUT2D eigenvalue weighted by Crippen LogP contribution is 2.52. The van der Waals surface area contributed by atoms with Gasteiger partial charge in [-0.1, -0.05) is 0 Å². The number of hydrogen-bond donors (Lipinski definition) is 0. The molecule has 2 saturated carbocycles. The molecule has 2 aliphatic carbocycles. The summed E-state index contributed by atoms with van der Waals surface area (Å²) in [5.74, 6) is 0.105. The maximum atomic E-state index is 11.4. The van der Waals surface area contributed by atoms with Gasteiger partial charge in [0.15, 0.2) is 0 Å². The van der Waals surface area contributed by atoms with Crippen LogP contribution in [0.1, 0.15) is 19.8 Å². The topological polar surface area (TPSA) is 43.4 Å². The predicted molar refractivity (Wildman–Crippen MR) is 41.3 cm³/mol. The van der Waals surface area contributed by atoms with E-state index < -0.39 is 5.92 Å². The number of ether oxygens (including phenoxy) is 1. The Morgan fingerprint density at radius 2 is 2.33 bits per heavy atom. The lowest BCUT2D eigenvalue weighted by Crippen LogP contribution is -2.23. The Balaban J connectivity index is 1.97. The van der Waals surface area contributed by atoms with Crippen LogP contribution in [0.15, 0.2) is 0 Å². The molecule has 2 fully saturated rings. The van der Waals surface area contributed by atoms with Crippen molar-refractivity contribution in [1.82, 2.24) is 0 Å². The van der Waals surface area contributed by atoms with Crippen molar-refractivity contribution in [2.45, 2.75) is 19.8 Å². The summed E-state index contributed by atoms with van der Waals surface area (Å²) in [4.78, 5) is 22.5. The Morgan fingerprint density at radius 1 is 1.58 bits per heavy atom. The molecule has 2 aliphatic rings. The van der Waals surface area contributed by atoms with Crippen molar-refractivity contribution in [2.75, 3.05) is 6.61 Å². The SMILES string of the molecule is CCOC(=O)C1C[C@@H]2C[C@@H]2C1=O. The standard InChI is InChI=1S/C9H12O3/c1-2-12-9(11)7-4-5-3-6(5)8(7)10/h5-7H,2-4H2,1H3/t5-,6-,7?/m0/s1. The lowest BCUT2D eigenvalue weighted by molar-refractivity contribution is -0.151. The van der Waals surface area contributed by atoms with Crippen LogP contribution in [-0.2, 0) is 14.3 Å². The quantitative estimate of drug-likeness (QED) is 0.452. The minimum absolute atomic E-state index is 0.124. The summed E-state index contributed by atoms with van der Waals surface area (Å²) >= 11 is 0. The van der Waals surface area contributed by atoms with Crippen LogP contribution in [0.2, 0.25) is 0 Å². The van der Waals surface area contributed by atoms with Gasteiger partial charge in [-0.3, -0.25) is 9.59 Å². The van der Waals surface area contributed by atoms with Gasteiger partial charge in [-0.2, -0.15) is 0 Å². The Hall–Kier alpha value is -0.860. The molecule has 2 rings (SSSR count). The second kappa shape index (κ2) is 2.57. The highest BCUT2D eigenvalue weighted by Gasteiger charge is 2.55. The van der Waals surface area contributed by atoms with Crippen molar-refractivity contribution in [2.24, 2.45) is 17.8 Å². The Kier molecular flexibility index (Phi) is 1.67. The molecule has 0 amide bonds. The van der Waals surface area contributed by atoms with E-state index in [0.29, 0.717) is 12.5 Å². The van der Waals surface area contributed by atoms with E-state index in [4.69, 9.17) is 4.74 Å². The predicted octanol–water partition coefficient (Wildman–Crippen LogP) is 0.775. The summed E-state index contributed by atoms with van der Waals surface area (Å²) in [7, 11) is 0. The van der Waals surface area contributed by atoms with Crippen LogP contribution in [0.3, 0.4) is 0 Å². The number of rotatable bonds is 2. The summed E-state index contributed by atoms with van der Waals surface area (Å²) in [6, 6.07) is 0. The van der Waals surface area contributed by atoms with E-state index >= 15 is 0 Å². The summed E-state index contributed by atoms with van der Waals surface area (Å²) in [6.45, 7) is 2.13. The van der Waals surface area contributed by atoms with Crippen LogP contribution in [0, 0.1) is 17.8 Å². The van der Waals surface area contributed by atoms with Gasteiger partial charge >= 0.3 is 5.97 Å². The first-order valence-corrected chi connectivity index (χ1v) is 4.44. The van der Waals surface area contributed by atoms with Gasteiger partial charge < -0.3 is 4.74 Å². The summed E-state index contributed by atoms with van der Waals surface area (Å²) in [6.07, 6.45) is 1.75. The summed E-state index contributed by atoms with van der Waals surface area (Å²) in [5, 5.41) is 0. The third-order valence-corrected chi connectivity index (χ3v) is 2.74. The molecule has 0 N–H and O–H groups in total. The van der Waals surface area contributed by atoms with Gasteiger partial charge in [-0.25, -0.2) is 0 Å². The van der Waals surface area contributed by atoms with Crippen LogP contribution < -0.4 is 0 Å². The molecule has 0 spiro atoms. The van der Waals surface area contributed by atoms with Crippen molar-refractivity contribution in [1.29, 1.82) is 0 Å². The van der Waals surface area contributed by atoms with E-state index in [0.717, 1.165) is 12.8 Å². The van der Waals surface area contributed by atoms with Crippen LogP contribution in [-0.4, -0.2) is 18.4 Å². The molecule has 3 atom stereocenters. The zero-order valence-corrected chi connectivity index (χ0v) is 7.08. The molecule has 3 nitrogen and oxygen atoms in total. The molecule has 0 aromatic carbocycles. The molecule has 0 radical (unpaired) electrons. The van der Waals surface area contributed by atoms with Gasteiger partial charge in [0.25, 0.3) is 0 Å². The van der Waals surface area contributed by atoms with Crippen LogP contribution in [0.4, 0.5) is 0 Å². The minimum Gasteiger partial charge on any atom is -0.465 e. The number of esters is 1.